The number of anilines is 1. The molecule has 0 bridgehead atoms. The van der Waals surface area contributed by atoms with E-state index in [1.165, 1.54) is 29.7 Å². The zero-order chi connectivity index (χ0) is 18.1. The monoisotopic (exact) mass is 392 g/mol. The molecule has 0 radical (unpaired) electrons. The van der Waals surface area contributed by atoms with Crippen LogP contribution in [0.1, 0.15) is 21.7 Å². The Hall–Kier alpha value is -1.97. The lowest BCUT2D eigenvalue weighted by atomic mass is 9.81. The summed E-state index contributed by atoms with van der Waals surface area (Å²) < 4.78 is 19.4. The molecule has 2 aromatic rings. The van der Waals surface area contributed by atoms with Crippen LogP contribution in [-0.4, -0.2) is 35.0 Å². The Balaban J connectivity index is 1.60. The molecule has 0 aromatic carbocycles. The van der Waals surface area contributed by atoms with Gasteiger partial charge < -0.3 is 15.8 Å². The molecule has 26 heavy (non-hydrogen) atoms. The molecule has 0 unspecified atom stereocenters. The molecule has 0 aliphatic carbocycles. The molecule has 2 atom stereocenters. The molecule has 9 heteroatoms. The number of rotatable bonds is 3. The molecule has 1 saturated heterocycles. The number of nitrogens with two attached hydrogens (primary N) is 1. The molecule has 6 nitrogen and oxygen atoms in total. The van der Waals surface area contributed by atoms with E-state index in [9.17, 15) is 9.18 Å². The highest BCUT2D eigenvalue weighted by molar-refractivity contribution is 8.13. The van der Waals surface area contributed by atoms with E-state index in [1.54, 1.807) is 11.8 Å². The summed E-state index contributed by atoms with van der Waals surface area (Å²) in [5, 5.41) is 5.11. The third-order valence-corrected chi connectivity index (χ3v) is 6.69. The van der Waals surface area contributed by atoms with E-state index in [-0.39, 0.29) is 5.56 Å². The number of fused-ring (bicyclic) bond motifs is 1. The van der Waals surface area contributed by atoms with E-state index in [2.05, 4.69) is 10.3 Å². The summed E-state index contributed by atoms with van der Waals surface area (Å²) in [5.74, 6) is -0.0804. The number of halogens is 1. The van der Waals surface area contributed by atoms with E-state index in [0.29, 0.717) is 23.4 Å². The fourth-order valence-corrected chi connectivity index (χ4v) is 5.37. The quantitative estimate of drug-likeness (QED) is 0.784. The average molecular weight is 392 g/mol. The van der Waals surface area contributed by atoms with Gasteiger partial charge >= 0.3 is 0 Å². The number of aliphatic imine (C=N–C) groups is 1. The number of thiophene rings is 1. The number of amides is 1. The molecule has 2 aromatic heterocycles. The van der Waals surface area contributed by atoms with Crippen molar-refractivity contribution < 1.29 is 13.9 Å². The largest absolute Gasteiger partial charge is 0.379 e. The number of carbonyl (C=O) groups is 1. The van der Waals surface area contributed by atoms with Crippen molar-refractivity contribution in [2.75, 3.05) is 24.3 Å². The summed E-state index contributed by atoms with van der Waals surface area (Å²) in [4.78, 5) is 21.5. The zero-order valence-electron chi connectivity index (χ0n) is 13.8. The molecule has 1 fully saturated rings. The predicted octanol–water partition coefficient (Wildman–Crippen LogP) is 2.83. The molecule has 4 rings (SSSR count). The third-order valence-electron chi connectivity index (χ3n) is 4.64. The fourth-order valence-electron chi connectivity index (χ4n) is 3.28. The van der Waals surface area contributed by atoms with Crippen molar-refractivity contribution >= 4 is 39.9 Å². The van der Waals surface area contributed by atoms with Crippen LogP contribution in [-0.2, 0) is 10.3 Å². The maximum atomic E-state index is 13.7. The lowest BCUT2D eigenvalue weighted by Gasteiger charge is -2.42. The predicted molar refractivity (Wildman–Crippen MR) is 101 cm³/mol. The van der Waals surface area contributed by atoms with Gasteiger partial charge in [-0.2, -0.15) is 4.39 Å². The maximum Gasteiger partial charge on any atom is 0.260 e. The molecule has 4 heterocycles. The summed E-state index contributed by atoms with van der Waals surface area (Å²) in [6.07, 6.45) is 2.23. The number of pyridine rings is 1. The standard InChI is InChI=1S/C17H17FN4O2S2/c18-14-12(2-1-4-20-14)15(23)21-11-6-13(25-8-11)17-9-24-5-3-10(17)7-26-16(19)22-17/h1-2,4,6,8,10H,3,5,7,9H2,(H2,19,22)(H,21,23)/t10-,17-/m0/s1. The number of nitrogens with one attached hydrogen (secondary N) is 1. The van der Waals surface area contributed by atoms with Crippen molar-refractivity contribution in [3.8, 4) is 0 Å². The normalized spacial score (nSPS) is 25.3. The first-order valence-corrected chi connectivity index (χ1v) is 10.0. The first-order chi connectivity index (χ1) is 12.6. The van der Waals surface area contributed by atoms with Gasteiger partial charge in [0, 0.05) is 34.7 Å². The van der Waals surface area contributed by atoms with Crippen LogP contribution in [0.3, 0.4) is 0 Å². The van der Waals surface area contributed by atoms with Crippen LogP contribution >= 0.6 is 23.1 Å². The van der Waals surface area contributed by atoms with Gasteiger partial charge in [-0.05, 0) is 24.6 Å². The van der Waals surface area contributed by atoms with E-state index in [1.807, 2.05) is 11.4 Å². The second kappa shape index (κ2) is 6.98. The summed E-state index contributed by atoms with van der Waals surface area (Å²) in [6, 6.07) is 4.81. The Kier molecular flexibility index (Phi) is 4.68. The van der Waals surface area contributed by atoms with Gasteiger partial charge in [0.2, 0.25) is 5.95 Å². The number of carbonyl (C=O) groups excluding carboxylic acids is 1. The van der Waals surface area contributed by atoms with Crippen LogP contribution in [0.4, 0.5) is 10.1 Å². The van der Waals surface area contributed by atoms with Crippen molar-refractivity contribution in [3.05, 3.63) is 46.2 Å². The van der Waals surface area contributed by atoms with Crippen molar-refractivity contribution in [1.29, 1.82) is 0 Å². The number of aromatic nitrogens is 1. The molecule has 136 valence electrons. The van der Waals surface area contributed by atoms with Crippen molar-refractivity contribution in [3.63, 3.8) is 0 Å². The maximum absolute atomic E-state index is 13.7. The van der Waals surface area contributed by atoms with Gasteiger partial charge in [-0.15, -0.1) is 11.3 Å². The van der Waals surface area contributed by atoms with E-state index in [4.69, 9.17) is 15.5 Å². The minimum absolute atomic E-state index is 0.0892. The number of hydrogen-bond donors (Lipinski definition) is 2. The highest BCUT2D eigenvalue weighted by Crippen LogP contribution is 2.46. The van der Waals surface area contributed by atoms with Gasteiger partial charge in [-0.25, -0.2) is 9.98 Å². The molecular formula is C17H17FN4O2S2. The molecule has 1 amide bonds. The molecule has 2 aliphatic rings. The van der Waals surface area contributed by atoms with Crippen LogP contribution in [0.5, 0.6) is 0 Å². The lowest BCUT2D eigenvalue weighted by molar-refractivity contribution is 0.00613. The van der Waals surface area contributed by atoms with Crippen LogP contribution in [0.15, 0.2) is 34.8 Å². The second-order valence-corrected chi connectivity index (χ2v) is 8.17. The van der Waals surface area contributed by atoms with Crippen LogP contribution in [0.2, 0.25) is 0 Å². The van der Waals surface area contributed by atoms with Gasteiger partial charge in [0.05, 0.1) is 17.9 Å². The van der Waals surface area contributed by atoms with Crippen molar-refractivity contribution in [1.82, 2.24) is 4.98 Å². The number of hydrogen-bond acceptors (Lipinski definition) is 7. The minimum Gasteiger partial charge on any atom is -0.379 e. The first kappa shape index (κ1) is 17.4. The molecule has 0 saturated carbocycles. The summed E-state index contributed by atoms with van der Waals surface area (Å²) in [5.41, 5.74) is 6.00. The second-order valence-electron chi connectivity index (χ2n) is 6.22. The third kappa shape index (κ3) is 3.10. The number of ether oxygens (including phenoxy) is 1. The lowest BCUT2D eigenvalue weighted by Crippen LogP contribution is -2.47. The van der Waals surface area contributed by atoms with Crippen LogP contribution in [0, 0.1) is 11.9 Å². The first-order valence-electron chi connectivity index (χ1n) is 8.15. The zero-order valence-corrected chi connectivity index (χ0v) is 15.4. The topological polar surface area (TPSA) is 89.6 Å². The Morgan fingerprint density at radius 1 is 1.50 bits per heavy atom. The number of thioether (sulfide) groups is 1. The smallest absolute Gasteiger partial charge is 0.260 e. The van der Waals surface area contributed by atoms with E-state index in [0.717, 1.165) is 23.7 Å². The molecule has 0 spiro atoms. The molecule has 3 N–H and O–H groups in total. The Labute approximate surface area is 158 Å². The Morgan fingerprint density at radius 2 is 2.38 bits per heavy atom. The van der Waals surface area contributed by atoms with Gasteiger partial charge in [-0.1, -0.05) is 11.8 Å². The van der Waals surface area contributed by atoms with Gasteiger partial charge in [0.25, 0.3) is 5.91 Å². The van der Waals surface area contributed by atoms with E-state index < -0.39 is 17.4 Å². The van der Waals surface area contributed by atoms with E-state index >= 15 is 0 Å². The Morgan fingerprint density at radius 3 is 3.23 bits per heavy atom. The number of nitrogens with zero attached hydrogens (tertiary/aromatic N) is 2. The summed E-state index contributed by atoms with van der Waals surface area (Å²) in [6.45, 7) is 1.20. The SMILES string of the molecule is NC1=N[C@@]2(c3cc(NC(=O)c4cccnc4F)cs3)COCC[C@H]2CS1. The van der Waals surface area contributed by atoms with Crippen molar-refractivity contribution in [2.24, 2.45) is 16.6 Å². The van der Waals surface area contributed by atoms with Crippen LogP contribution in [0.25, 0.3) is 0 Å². The van der Waals surface area contributed by atoms with Crippen molar-refractivity contribution in [2.45, 2.75) is 12.0 Å². The fraction of sp³-hybridized carbons (Fsp3) is 0.353. The Bertz CT molecular complexity index is 872. The number of amidine groups is 1. The molecular weight excluding hydrogens is 375 g/mol. The highest BCUT2D eigenvalue weighted by Gasteiger charge is 2.46. The highest BCUT2D eigenvalue weighted by atomic mass is 32.2. The summed E-state index contributed by atoms with van der Waals surface area (Å²) in [7, 11) is 0. The van der Waals surface area contributed by atoms with Gasteiger partial charge in [0.15, 0.2) is 5.17 Å². The van der Waals surface area contributed by atoms with Gasteiger partial charge in [0.1, 0.15) is 5.54 Å². The van der Waals surface area contributed by atoms with Gasteiger partial charge in [-0.3, -0.25) is 4.79 Å². The summed E-state index contributed by atoms with van der Waals surface area (Å²) >= 11 is 3.07. The average Bonchev–Trinajstić information content (AvgIpc) is 3.11. The van der Waals surface area contributed by atoms with Crippen LogP contribution < -0.4 is 11.1 Å². The minimum atomic E-state index is -0.790. The molecule has 2 aliphatic heterocycles.